The molecule has 0 unspecified atom stereocenters. The summed E-state index contributed by atoms with van der Waals surface area (Å²) >= 11 is 0. The van der Waals surface area contributed by atoms with Gasteiger partial charge < -0.3 is 27.2 Å². The Bertz CT molecular complexity index is 513. The molecule has 0 aromatic heterocycles. The molecule has 0 spiro atoms. The summed E-state index contributed by atoms with van der Waals surface area (Å²) in [6, 6.07) is 4.08. The highest BCUT2D eigenvalue weighted by Crippen LogP contribution is 2.23. The maximum Gasteiger partial charge on any atom is 0.337 e. The van der Waals surface area contributed by atoms with Crippen molar-refractivity contribution >= 4 is 29.2 Å². The smallest absolute Gasteiger partial charge is 0.337 e. The predicted octanol–water partition coefficient (Wildman–Crippen LogP) is -1.26. The lowest BCUT2D eigenvalue weighted by atomic mass is 10.1. The van der Waals surface area contributed by atoms with Gasteiger partial charge >= 0.3 is 5.97 Å². The number of carboxylic acid groups (broad SMARTS) is 1. The van der Waals surface area contributed by atoms with Gasteiger partial charge in [-0.2, -0.15) is 0 Å². The molecule has 0 radical (unpaired) electrons. The Hall–Kier alpha value is -2.77. The number of hydrogen-bond acceptors (Lipinski definition) is 5. The van der Waals surface area contributed by atoms with E-state index in [2.05, 4.69) is 0 Å². The summed E-state index contributed by atoms with van der Waals surface area (Å²) in [6.45, 7) is -0.653. The molecular weight excluding hydrogens is 252 g/mol. The lowest BCUT2D eigenvalue weighted by Gasteiger charge is -2.23. The molecule has 1 rings (SSSR count). The van der Waals surface area contributed by atoms with Gasteiger partial charge in [-0.15, -0.1) is 0 Å². The fourth-order valence-electron chi connectivity index (χ4n) is 1.60. The summed E-state index contributed by atoms with van der Waals surface area (Å²) in [7, 11) is 0. The molecule has 8 heteroatoms. The van der Waals surface area contributed by atoms with E-state index in [9.17, 15) is 14.4 Å². The van der Waals surface area contributed by atoms with Crippen molar-refractivity contribution in [3.63, 3.8) is 0 Å². The second kappa shape index (κ2) is 5.71. The van der Waals surface area contributed by atoms with Gasteiger partial charge in [-0.05, 0) is 18.2 Å². The van der Waals surface area contributed by atoms with E-state index in [0.717, 1.165) is 0 Å². The lowest BCUT2D eigenvalue weighted by Crippen LogP contribution is -2.40. The van der Waals surface area contributed by atoms with Crippen molar-refractivity contribution in [2.45, 2.75) is 0 Å². The standard InChI is InChI=1S/C11H14N4O4/c12-6-1-2-8(7(3-6)11(18)19)15(4-9(13)16)5-10(14)17/h1-3H,4-5,12H2,(H2,13,16)(H2,14,17)(H,18,19). The normalized spacial score (nSPS) is 9.89. The summed E-state index contributed by atoms with van der Waals surface area (Å²) in [6.07, 6.45) is 0. The van der Waals surface area contributed by atoms with Crippen LogP contribution in [0.3, 0.4) is 0 Å². The molecule has 0 aliphatic heterocycles. The second-order valence-electron chi connectivity index (χ2n) is 3.87. The molecule has 1 aromatic carbocycles. The van der Waals surface area contributed by atoms with E-state index in [1.807, 2.05) is 0 Å². The van der Waals surface area contributed by atoms with Crippen molar-refractivity contribution < 1.29 is 19.5 Å². The van der Waals surface area contributed by atoms with Crippen LogP contribution in [0.25, 0.3) is 0 Å². The van der Waals surface area contributed by atoms with Crippen LogP contribution in [-0.4, -0.2) is 36.0 Å². The summed E-state index contributed by atoms with van der Waals surface area (Å²) in [5.41, 5.74) is 15.9. The number of anilines is 2. The summed E-state index contributed by atoms with van der Waals surface area (Å²) in [5.74, 6) is -2.66. The molecule has 0 saturated heterocycles. The number of rotatable bonds is 6. The minimum Gasteiger partial charge on any atom is -0.478 e. The van der Waals surface area contributed by atoms with Crippen LogP contribution < -0.4 is 22.1 Å². The highest BCUT2D eigenvalue weighted by molar-refractivity contribution is 5.97. The van der Waals surface area contributed by atoms with Gasteiger partial charge in [0, 0.05) is 5.69 Å². The van der Waals surface area contributed by atoms with Crippen molar-refractivity contribution in [3.8, 4) is 0 Å². The Morgan fingerprint density at radius 2 is 1.63 bits per heavy atom. The third kappa shape index (κ3) is 3.87. The molecule has 2 amide bonds. The zero-order valence-corrected chi connectivity index (χ0v) is 10.00. The lowest BCUT2D eigenvalue weighted by molar-refractivity contribution is -0.117. The van der Waals surface area contributed by atoms with E-state index in [0.29, 0.717) is 0 Å². The summed E-state index contributed by atoms with van der Waals surface area (Å²) < 4.78 is 0. The maximum atomic E-state index is 11.1. The Morgan fingerprint density at radius 1 is 1.11 bits per heavy atom. The average molecular weight is 266 g/mol. The Morgan fingerprint density at radius 3 is 2.05 bits per heavy atom. The largest absolute Gasteiger partial charge is 0.478 e. The van der Waals surface area contributed by atoms with Gasteiger partial charge in [-0.1, -0.05) is 0 Å². The van der Waals surface area contributed by atoms with Crippen LogP contribution in [0.5, 0.6) is 0 Å². The minimum atomic E-state index is -1.23. The van der Waals surface area contributed by atoms with Gasteiger partial charge in [0.1, 0.15) is 0 Å². The van der Waals surface area contributed by atoms with Crippen molar-refractivity contribution in [1.29, 1.82) is 0 Å². The molecule has 0 bridgehead atoms. The van der Waals surface area contributed by atoms with Gasteiger partial charge in [0.15, 0.2) is 0 Å². The van der Waals surface area contributed by atoms with Crippen LogP contribution in [0.4, 0.5) is 11.4 Å². The number of nitrogens with two attached hydrogens (primary N) is 3. The van der Waals surface area contributed by atoms with Gasteiger partial charge in [0.05, 0.1) is 24.3 Å². The molecule has 0 fully saturated rings. The molecule has 7 N–H and O–H groups in total. The SMILES string of the molecule is NC(=O)CN(CC(N)=O)c1ccc(N)cc1C(=O)O. The highest BCUT2D eigenvalue weighted by atomic mass is 16.4. The van der Waals surface area contributed by atoms with Crippen molar-refractivity contribution in [3.05, 3.63) is 23.8 Å². The third-order valence-electron chi connectivity index (χ3n) is 2.29. The Balaban J connectivity index is 3.24. The monoisotopic (exact) mass is 266 g/mol. The Labute approximate surface area is 108 Å². The molecule has 1 aromatic rings. The van der Waals surface area contributed by atoms with Gasteiger partial charge in [0.25, 0.3) is 0 Å². The molecule has 0 saturated carbocycles. The van der Waals surface area contributed by atoms with Crippen LogP contribution in [0, 0.1) is 0 Å². The number of carbonyl (C=O) groups excluding carboxylic acids is 2. The predicted molar refractivity (Wildman–Crippen MR) is 68.4 cm³/mol. The van der Waals surface area contributed by atoms with E-state index in [1.165, 1.54) is 23.1 Å². The van der Waals surface area contributed by atoms with Crippen LogP contribution in [0.1, 0.15) is 10.4 Å². The first-order valence-corrected chi connectivity index (χ1v) is 5.25. The number of amides is 2. The maximum absolute atomic E-state index is 11.1. The molecule has 19 heavy (non-hydrogen) atoms. The van der Waals surface area contributed by atoms with Crippen LogP contribution in [0.15, 0.2) is 18.2 Å². The van der Waals surface area contributed by atoms with Crippen molar-refractivity contribution in [2.24, 2.45) is 11.5 Å². The highest BCUT2D eigenvalue weighted by Gasteiger charge is 2.19. The number of hydrogen-bond donors (Lipinski definition) is 4. The number of carbonyl (C=O) groups is 3. The quantitative estimate of drug-likeness (QED) is 0.471. The van der Waals surface area contributed by atoms with E-state index >= 15 is 0 Å². The Kier molecular flexibility index (Phi) is 4.30. The summed E-state index contributed by atoms with van der Waals surface area (Å²) in [5, 5.41) is 9.09. The first-order valence-electron chi connectivity index (χ1n) is 5.25. The molecule has 102 valence electrons. The topological polar surface area (TPSA) is 153 Å². The number of benzene rings is 1. The van der Waals surface area contributed by atoms with Gasteiger partial charge in [0.2, 0.25) is 11.8 Å². The molecule has 0 aliphatic rings. The van der Waals surface area contributed by atoms with Crippen LogP contribution >= 0.6 is 0 Å². The van der Waals surface area contributed by atoms with E-state index < -0.39 is 17.8 Å². The zero-order valence-electron chi connectivity index (χ0n) is 10.00. The number of carboxylic acids is 1. The van der Waals surface area contributed by atoms with E-state index in [4.69, 9.17) is 22.3 Å². The molecule has 0 atom stereocenters. The van der Waals surface area contributed by atoms with Gasteiger partial charge in [-0.25, -0.2) is 4.79 Å². The molecule has 0 aliphatic carbocycles. The minimum absolute atomic E-state index is 0.137. The van der Waals surface area contributed by atoms with Crippen molar-refractivity contribution in [1.82, 2.24) is 0 Å². The average Bonchev–Trinajstić information content (AvgIpc) is 2.26. The van der Waals surface area contributed by atoms with Gasteiger partial charge in [-0.3, -0.25) is 9.59 Å². The first-order chi connectivity index (χ1) is 8.81. The summed E-state index contributed by atoms with van der Waals surface area (Å²) in [4.78, 5) is 34.3. The van der Waals surface area contributed by atoms with Crippen LogP contribution in [0.2, 0.25) is 0 Å². The van der Waals surface area contributed by atoms with Crippen molar-refractivity contribution in [2.75, 3.05) is 23.7 Å². The molecule has 8 nitrogen and oxygen atoms in total. The van der Waals surface area contributed by atoms with Crippen LogP contribution in [-0.2, 0) is 9.59 Å². The number of nitrogen functional groups attached to an aromatic ring is 1. The number of nitrogens with zero attached hydrogens (tertiary/aromatic N) is 1. The number of aromatic carboxylic acids is 1. The zero-order chi connectivity index (χ0) is 14.6. The first kappa shape index (κ1) is 14.3. The van der Waals surface area contributed by atoms with E-state index in [-0.39, 0.29) is 30.0 Å². The fraction of sp³-hybridized carbons (Fsp3) is 0.182. The third-order valence-corrected chi connectivity index (χ3v) is 2.29. The molecular formula is C11H14N4O4. The number of primary amides is 2. The van der Waals surface area contributed by atoms with E-state index in [1.54, 1.807) is 0 Å². The fourth-order valence-corrected chi connectivity index (χ4v) is 1.60. The molecule has 0 heterocycles. The second-order valence-corrected chi connectivity index (χ2v) is 3.87.